The lowest BCUT2D eigenvalue weighted by atomic mass is 10.1. The van der Waals surface area contributed by atoms with Crippen molar-refractivity contribution >= 4 is 16.9 Å². The van der Waals surface area contributed by atoms with E-state index in [2.05, 4.69) is 15.2 Å². The molecule has 2 atom stereocenters. The summed E-state index contributed by atoms with van der Waals surface area (Å²) in [6.07, 6.45) is 2.73. The van der Waals surface area contributed by atoms with Crippen LogP contribution in [0.1, 0.15) is 19.3 Å². The van der Waals surface area contributed by atoms with Crippen molar-refractivity contribution in [2.75, 3.05) is 26.3 Å². The summed E-state index contributed by atoms with van der Waals surface area (Å²) in [5.41, 5.74) is 1.46. The van der Waals surface area contributed by atoms with Gasteiger partial charge in [0.15, 0.2) is 0 Å². The molecule has 7 heteroatoms. The van der Waals surface area contributed by atoms with Gasteiger partial charge in [-0.1, -0.05) is 12.1 Å². The summed E-state index contributed by atoms with van der Waals surface area (Å²) in [4.78, 5) is 29.7. The Balaban J connectivity index is 1.37. The van der Waals surface area contributed by atoms with Gasteiger partial charge in [-0.3, -0.25) is 14.3 Å². The van der Waals surface area contributed by atoms with Crippen LogP contribution in [0.25, 0.3) is 11.0 Å². The molecule has 3 heterocycles. The minimum Gasteiger partial charge on any atom is -0.378 e. The van der Waals surface area contributed by atoms with Gasteiger partial charge in [0.25, 0.3) is 0 Å². The number of rotatable bonds is 5. The highest BCUT2D eigenvalue weighted by molar-refractivity contribution is 5.77. The maximum atomic E-state index is 12.4. The number of aryl methyl sites for hydroxylation is 1. The number of benzene rings is 1. The van der Waals surface area contributed by atoms with Crippen molar-refractivity contribution in [3.05, 3.63) is 34.7 Å². The predicted molar refractivity (Wildman–Crippen MR) is 94.5 cm³/mol. The molecule has 0 aliphatic carbocycles. The van der Waals surface area contributed by atoms with Crippen LogP contribution in [0.3, 0.4) is 0 Å². The van der Waals surface area contributed by atoms with E-state index in [1.807, 2.05) is 24.3 Å². The van der Waals surface area contributed by atoms with Crippen LogP contribution in [0, 0.1) is 0 Å². The lowest BCUT2D eigenvalue weighted by Gasteiger charge is -2.27. The summed E-state index contributed by atoms with van der Waals surface area (Å²) in [7, 11) is 0. The highest BCUT2D eigenvalue weighted by Gasteiger charge is 2.35. The van der Waals surface area contributed by atoms with E-state index in [0.29, 0.717) is 19.8 Å². The normalized spacial score (nSPS) is 24.2. The van der Waals surface area contributed by atoms with Crippen LogP contribution in [0.15, 0.2) is 29.1 Å². The van der Waals surface area contributed by atoms with E-state index in [9.17, 15) is 9.59 Å². The van der Waals surface area contributed by atoms with E-state index < -0.39 is 0 Å². The third-order valence-electron chi connectivity index (χ3n) is 5.25. The van der Waals surface area contributed by atoms with Crippen LogP contribution in [-0.4, -0.2) is 58.7 Å². The topological polar surface area (TPSA) is 79.4 Å². The molecule has 0 spiro atoms. The largest absolute Gasteiger partial charge is 0.378 e. The first-order valence-corrected chi connectivity index (χ1v) is 9.01. The second-order valence-electron chi connectivity index (χ2n) is 6.87. The van der Waals surface area contributed by atoms with Crippen molar-refractivity contribution < 1.29 is 9.53 Å². The molecule has 1 amide bonds. The van der Waals surface area contributed by atoms with Crippen molar-refractivity contribution in [1.29, 1.82) is 0 Å². The molecule has 2 aliphatic rings. The number of nitrogens with one attached hydrogen (secondary N) is 2. The minimum absolute atomic E-state index is 0.0307. The Kier molecular flexibility index (Phi) is 4.59. The van der Waals surface area contributed by atoms with Crippen molar-refractivity contribution in [3.63, 3.8) is 0 Å². The minimum atomic E-state index is -0.173. The maximum Gasteiger partial charge on any atom is 0.326 e. The van der Waals surface area contributed by atoms with Crippen LogP contribution in [0.4, 0.5) is 0 Å². The molecule has 1 aromatic carbocycles. The third kappa shape index (κ3) is 3.34. The molecule has 0 unspecified atom stereocenters. The van der Waals surface area contributed by atoms with E-state index in [-0.39, 0.29) is 30.1 Å². The lowest BCUT2D eigenvalue weighted by Crippen LogP contribution is -2.50. The van der Waals surface area contributed by atoms with Crippen LogP contribution < -0.4 is 11.0 Å². The van der Waals surface area contributed by atoms with E-state index in [1.165, 1.54) is 12.8 Å². The molecule has 2 N–H and O–H groups in total. The van der Waals surface area contributed by atoms with Gasteiger partial charge in [-0.25, -0.2) is 4.79 Å². The van der Waals surface area contributed by atoms with Crippen molar-refractivity contribution in [2.24, 2.45) is 0 Å². The summed E-state index contributed by atoms with van der Waals surface area (Å²) >= 11 is 0. The zero-order valence-electron chi connectivity index (χ0n) is 14.2. The molecular weight excluding hydrogens is 320 g/mol. The second-order valence-corrected chi connectivity index (χ2v) is 6.87. The molecule has 2 fully saturated rings. The van der Waals surface area contributed by atoms with Crippen LogP contribution in [0.5, 0.6) is 0 Å². The van der Waals surface area contributed by atoms with Gasteiger partial charge in [-0.15, -0.1) is 0 Å². The number of aromatic amines is 1. The number of fused-ring (bicyclic) bond motifs is 1. The van der Waals surface area contributed by atoms with E-state index in [4.69, 9.17) is 4.74 Å². The first-order valence-electron chi connectivity index (χ1n) is 9.01. The number of para-hydroxylation sites is 2. The first kappa shape index (κ1) is 16.4. The van der Waals surface area contributed by atoms with Gasteiger partial charge in [-0.2, -0.15) is 0 Å². The number of H-pyrrole nitrogens is 1. The molecule has 134 valence electrons. The number of carbonyl (C=O) groups is 1. The van der Waals surface area contributed by atoms with Gasteiger partial charge < -0.3 is 15.0 Å². The summed E-state index contributed by atoms with van der Waals surface area (Å²) in [5.74, 6) is -0.0307. The summed E-state index contributed by atoms with van der Waals surface area (Å²) in [5, 5.41) is 3.10. The molecule has 0 saturated carbocycles. The Labute approximate surface area is 146 Å². The number of aromatic nitrogens is 2. The molecule has 7 nitrogen and oxygen atoms in total. The molecule has 2 aromatic rings. The fourth-order valence-corrected chi connectivity index (χ4v) is 3.94. The highest BCUT2D eigenvalue weighted by Crippen LogP contribution is 2.19. The molecular formula is C18H24N4O3. The summed E-state index contributed by atoms with van der Waals surface area (Å²) < 4.78 is 7.22. The third-order valence-corrected chi connectivity index (χ3v) is 5.25. The summed E-state index contributed by atoms with van der Waals surface area (Å²) in [6.45, 7) is 3.81. The monoisotopic (exact) mass is 344 g/mol. The fourth-order valence-electron chi connectivity index (χ4n) is 3.94. The second kappa shape index (κ2) is 7.01. The molecule has 25 heavy (non-hydrogen) atoms. The van der Waals surface area contributed by atoms with Gasteiger partial charge >= 0.3 is 5.69 Å². The maximum absolute atomic E-state index is 12.4. The molecule has 2 aliphatic heterocycles. The number of hydrogen-bond acceptors (Lipinski definition) is 4. The quantitative estimate of drug-likeness (QED) is 0.837. The molecule has 1 aromatic heterocycles. The van der Waals surface area contributed by atoms with E-state index >= 15 is 0 Å². The summed E-state index contributed by atoms with van der Waals surface area (Å²) in [6, 6.07) is 7.85. The Morgan fingerprint density at radius 1 is 1.24 bits per heavy atom. The van der Waals surface area contributed by atoms with Crippen LogP contribution in [-0.2, 0) is 16.1 Å². The molecule has 0 bridgehead atoms. The van der Waals surface area contributed by atoms with Crippen LogP contribution in [0.2, 0.25) is 0 Å². The van der Waals surface area contributed by atoms with Gasteiger partial charge in [0.05, 0.1) is 36.3 Å². The molecule has 2 saturated heterocycles. The number of ether oxygens (including phenoxy) is 1. The Bertz CT molecular complexity index is 806. The standard InChI is InChI=1S/C18H24N4O3/c23-17(19-14-11-25-12-16(14)21-8-3-4-9-21)7-10-22-15-6-2-1-5-13(15)20-18(22)24/h1-2,5-6,14,16H,3-4,7-12H2,(H,19,23)(H,20,24)/t14-,16-/m1/s1. The van der Waals surface area contributed by atoms with Crippen molar-refractivity contribution in [2.45, 2.75) is 37.9 Å². The van der Waals surface area contributed by atoms with Gasteiger partial charge in [0.1, 0.15) is 0 Å². The highest BCUT2D eigenvalue weighted by atomic mass is 16.5. The average Bonchev–Trinajstić information content (AvgIpc) is 3.32. The van der Waals surface area contributed by atoms with Crippen molar-refractivity contribution in [1.82, 2.24) is 19.8 Å². The first-order chi connectivity index (χ1) is 12.2. The Hall–Kier alpha value is -2.12. The van der Waals surface area contributed by atoms with Crippen molar-refractivity contribution in [3.8, 4) is 0 Å². The fraction of sp³-hybridized carbons (Fsp3) is 0.556. The molecule has 0 radical (unpaired) electrons. The number of carbonyl (C=O) groups excluding carboxylic acids is 1. The zero-order valence-corrected chi connectivity index (χ0v) is 14.2. The number of likely N-dealkylation sites (tertiary alicyclic amines) is 1. The number of amides is 1. The zero-order chi connectivity index (χ0) is 17.2. The SMILES string of the molecule is O=C(CCn1c(=O)[nH]c2ccccc21)N[C@@H]1COC[C@H]1N1CCCC1. The van der Waals surface area contributed by atoms with E-state index in [1.54, 1.807) is 4.57 Å². The van der Waals surface area contributed by atoms with Gasteiger partial charge in [0.2, 0.25) is 5.91 Å². The predicted octanol–water partition coefficient (Wildman–Crippen LogP) is 0.699. The smallest absolute Gasteiger partial charge is 0.326 e. The Morgan fingerprint density at radius 3 is 2.88 bits per heavy atom. The van der Waals surface area contributed by atoms with Gasteiger partial charge in [-0.05, 0) is 38.1 Å². The molecule has 4 rings (SSSR count). The van der Waals surface area contributed by atoms with Crippen LogP contribution >= 0.6 is 0 Å². The van der Waals surface area contributed by atoms with E-state index in [0.717, 1.165) is 24.1 Å². The number of nitrogens with zero attached hydrogens (tertiary/aromatic N) is 2. The number of hydrogen-bond donors (Lipinski definition) is 2. The number of imidazole rings is 1. The average molecular weight is 344 g/mol. The Morgan fingerprint density at radius 2 is 2.04 bits per heavy atom. The lowest BCUT2D eigenvalue weighted by molar-refractivity contribution is -0.122. The van der Waals surface area contributed by atoms with Gasteiger partial charge in [0, 0.05) is 13.0 Å².